The van der Waals surface area contributed by atoms with Gasteiger partial charge in [0.05, 0.1) is 19.3 Å². The fourth-order valence-electron chi connectivity index (χ4n) is 1.09. The van der Waals surface area contributed by atoms with Crippen molar-refractivity contribution in [1.82, 2.24) is 0 Å². The van der Waals surface area contributed by atoms with Gasteiger partial charge >= 0.3 is 5.97 Å². The minimum absolute atomic E-state index is 0.0732. The van der Waals surface area contributed by atoms with Crippen LogP contribution in [-0.4, -0.2) is 19.7 Å². The molecule has 1 rings (SSSR count). The smallest absolute Gasteiger partial charge is 0.339 e. The summed E-state index contributed by atoms with van der Waals surface area (Å²) in [5.41, 5.74) is 0.0942. The molecule has 0 N–H and O–H groups in total. The summed E-state index contributed by atoms with van der Waals surface area (Å²) in [5, 5.41) is -0.0732. The fraction of sp³-hybridized carbons (Fsp3) is 0.300. The third-order valence-corrected chi connectivity index (χ3v) is 2.12. The van der Waals surface area contributed by atoms with E-state index in [2.05, 4.69) is 0 Å². The van der Waals surface area contributed by atoms with Gasteiger partial charge in [0.25, 0.3) is 0 Å². The predicted octanol–water partition coefficient (Wildman–Crippen LogP) is 2.66. The van der Waals surface area contributed by atoms with E-state index in [-0.39, 0.29) is 22.9 Å². The molecule has 0 aromatic heterocycles. The van der Waals surface area contributed by atoms with Crippen LogP contribution in [0.1, 0.15) is 17.3 Å². The van der Waals surface area contributed by atoms with Crippen LogP contribution < -0.4 is 4.74 Å². The van der Waals surface area contributed by atoms with Crippen molar-refractivity contribution >= 4 is 17.6 Å². The summed E-state index contributed by atoms with van der Waals surface area (Å²) >= 11 is 5.78. The highest BCUT2D eigenvalue weighted by molar-refractivity contribution is 6.35. The number of ether oxygens (including phenoxy) is 2. The number of methoxy groups -OCH3 is 1. The molecule has 0 fully saturated rings. The topological polar surface area (TPSA) is 35.5 Å². The third kappa shape index (κ3) is 2.39. The standard InChI is InChI=1S/C10H10ClFO3/c1-3-15-10(13)6-4-5-7(12)9(14-2)8(6)11/h4-5H,3H2,1-2H3. The molecule has 82 valence electrons. The van der Waals surface area contributed by atoms with Gasteiger partial charge in [0.15, 0.2) is 11.6 Å². The molecule has 0 saturated heterocycles. The zero-order valence-electron chi connectivity index (χ0n) is 8.34. The Labute approximate surface area is 91.7 Å². The van der Waals surface area contributed by atoms with Gasteiger partial charge in [-0.2, -0.15) is 0 Å². The Morgan fingerprint density at radius 2 is 2.20 bits per heavy atom. The maximum Gasteiger partial charge on any atom is 0.339 e. The molecule has 0 atom stereocenters. The number of hydrogen-bond acceptors (Lipinski definition) is 3. The summed E-state index contributed by atoms with van der Waals surface area (Å²) in [5.74, 6) is -1.36. The van der Waals surface area contributed by atoms with Crippen molar-refractivity contribution in [3.63, 3.8) is 0 Å². The highest BCUT2D eigenvalue weighted by Crippen LogP contribution is 2.31. The van der Waals surface area contributed by atoms with Crippen LogP contribution in [-0.2, 0) is 4.74 Å². The van der Waals surface area contributed by atoms with Crippen LogP contribution in [0.4, 0.5) is 4.39 Å². The molecule has 15 heavy (non-hydrogen) atoms. The average Bonchev–Trinajstić information content (AvgIpc) is 2.18. The van der Waals surface area contributed by atoms with Gasteiger partial charge in [0.2, 0.25) is 0 Å². The van der Waals surface area contributed by atoms with E-state index in [9.17, 15) is 9.18 Å². The van der Waals surface area contributed by atoms with Crippen LogP contribution in [0.15, 0.2) is 12.1 Å². The number of rotatable bonds is 3. The second-order valence-electron chi connectivity index (χ2n) is 2.66. The summed E-state index contributed by atoms with van der Waals surface area (Å²) in [4.78, 5) is 11.4. The van der Waals surface area contributed by atoms with Crippen molar-refractivity contribution in [3.05, 3.63) is 28.5 Å². The highest BCUT2D eigenvalue weighted by Gasteiger charge is 2.18. The number of carbonyl (C=O) groups excluding carboxylic acids is 1. The van der Waals surface area contributed by atoms with E-state index in [1.807, 2.05) is 0 Å². The molecule has 0 radical (unpaired) electrons. The van der Waals surface area contributed by atoms with E-state index in [1.54, 1.807) is 6.92 Å². The van der Waals surface area contributed by atoms with Gasteiger partial charge in [0, 0.05) is 0 Å². The quantitative estimate of drug-likeness (QED) is 0.752. The summed E-state index contributed by atoms with van der Waals surface area (Å²) in [6.07, 6.45) is 0. The zero-order valence-corrected chi connectivity index (χ0v) is 9.10. The molecule has 0 aliphatic rings. The van der Waals surface area contributed by atoms with Crippen molar-refractivity contribution in [2.45, 2.75) is 6.92 Å². The molecule has 3 nitrogen and oxygen atoms in total. The van der Waals surface area contributed by atoms with E-state index in [1.165, 1.54) is 13.2 Å². The Bertz CT molecular complexity index is 379. The molecule has 0 amide bonds. The van der Waals surface area contributed by atoms with Gasteiger partial charge in [0.1, 0.15) is 5.02 Å². The van der Waals surface area contributed by atoms with E-state index < -0.39 is 11.8 Å². The van der Waals surface area contributed by atoms with E-state index in [0.717, 1.165) is 6.07 Å². The van der Waals surface area contributed by atoms with E-state index in [4.69, 9.17) is 21.1 Å². The Morgan fingerprint density at radius 3 is 2.73 bits per heavy atom. The molecule has 0 saturated carbocycles. The zero-order chi connectivity index (χ0) is 11.4. The molecule has 0 heterocycles. The molecular formula is C10H10ClFO3. The number of hydrogen-bond donors (Lipinski definition) is 0. The first-order valence-corrected chi connectivity index (χ1v) is 4.68. The summed E-state index contributed by atoms with van der Waals surface area (Å²) < 4.78 is 22.6. The fourth-order valence-corrected chi connectivity index (χ4v) is 1.39. The van der Waals surface area contributed by atoms with Gasteiger partial charge in [-0.15, -0.1) is 0 Å². The normalized spacial score (nSPS) is 9.87. The molecule has 0 aliphatic heterocycles. The van der Waals surface area contributed by atoms with Crippen LogP contribution >= 0.6 is 11.6 Å². The molecule has 0 bridgehead atoms. The van der Waals surface area contributed by atoms with Gasteiger partial charge in [-0.25, -0.2) is 9.18 Å². The largest absolute Gasteiger partial charge is 0.492 e. The lowest BCUT2D eigenvalue weighted by Gasteiger charge is -2.08. The van der Waals surface area contributed by atoms with Crippen LogP contribution in [0.5, 0.6) is 5.75 Å². The van der Waals surface area contributed by atoms with Gasteiger partial charge in [-0.05, 0) is 19.1 Å². The van der Waals surface area contributed by atoms with Gasteiger partial charge in [-0.1, -0.05) is 11.6 Å². The molecule has 1 aromatic carbocycles. The van der Waals surface area contributed by atoms with E-state index in [0.29, 0.717) is 0 Å². The Hall–Kier alpha value is -1.29. The first kappa shape index (κ1) is 11.8. The second kappa shape index (κ2) is 4.98. The van der Waals surface area contributed by atoms with Crippen LogP contribution in [0.25, 0.3) is 0 Å². The van der Waals surface area contributed by atoms with Crippen molar-refractivity contribution in [1.29, 1.82) is 0 Å². The molecule has 0 unspecified atom stereocenters. The molecule has 0 aliphatic carbocycles. The Balaban J connectivity index is 3.15. The van der Waals surface area contributed by atoms with E-state index >= 15 is 0 Å². The number of halogens is 2. The van der Waals surface area contributed by atoms with Crippen molar-refractivity contribution in [3.8, 4) is 5.75 Å². The van der Waals surface area contributed by atoms with Crippen LogP contribution in [0, 0.1) is 5.82 Å². The number of esters is 1. The highest BCUT2D eigenvalue weighted by atomic mass is 35.5. The van der Waals surface area contributed by atoms with Crippen molar-refractivity contribution in [2.24, 2.45) is 0 Å². The minimum atomic E-state index is -0.615. The molecule has 5 heteroatoms. The number of carbonyl (C=O) groups is 1. The minimum Gasteiger partial charge on any atom is -0.492 e. The first-order valence-electron chi connectivity index (χ1n) is 4.31. The Morgan fingerprint density at radius 1 is 1.53 bits per heavy atom. The lowest BCUT2D eigenvalue weighted by atomic mass is 10.2. The lowest BCUT2D eigenvalue weighted by Crippen LogP contribution is -2.06. The van der Waals surface area contributed by atoms with Crippen LogP contribution in [0.3, 0.4) is 0 Å². The molecule has 0 spiro atoms. The summed E-state index contributed by atoms with van der Waals surface area (Å²) in [6, 6.07) is 2.37. The second-order valence-corrected chi connectivity index (χ2v) is 3.04. The molecule has 1 aromatic rings. The van der Waals surface area contributed by atoms with Gasteiger partial charge < -0.3 is 9.47 Å². The van der Waals surface area contributed by atoms with Gasteiger partial charge in [-0.3, -0.25) is 0 Å². The lowest BCUT2D eigenvalue weighted by molar-refractivity contribution is 0.0526. The maximum atomic E-state index is 13.1. The Kier molecular flexibility index (Phi) is 3.91. The first-order chi connectivity index (χ1) is 7.11. The average molecular weight is 233 g/mol. The van der Waals surface area contributed by atoms with Crippen LogP contribution in [0.2, 0.25) is 5.02 Å². The maximum absolute atomic E-state index is 13.1. The third-order valence-electron chi connectivity index (χ3n) is 1.75. The summed E-state index contributed by atoms with van der Waals surface area (Å²) in [6.45, 7) is 1.90. The number of benzene rings is 1. The molecular weight excluding hydrogens is 223 g/mol. The van der Waals surface area contributed by atoms with Crippen molar-refractivity contribution in [2.75, 3.05) is 13.7 Å². The summed E-state index contributed by atoms with van der Waals surface area (Å²) in [7, 11) is 1.28. The van der Waals surface area contributed by atoms with Crippen molar-refractivity contribution < 1.29 is 18.7 Å². The predicted molar refractivity (Wildman–Crippen MR) is 53.9 cm³/mol. The monoisotopic (exact) mass is 232 g/mol. The SMILES string of the molecule is CCOC(=O)c1ccc(F)c(OC)c1Cl.